The molecule has 2 heterocycles. The molecular weight excluding hydrogens is 384 g/mol. The molecule has 4 rings (SSSR count). The number of benzene rings is 2. The molecule has 0 fully saturated rings. The maximum Gasteiger partial charge on any atom is 0.263 e. The van der Waals surface area contributed by atoms with Gasteiger partial charge in [0.2, 0.25) is 0 Å². The Kier molecular flexibility index (Phi) is 5.00. The minimum absolute atomic E-state index is 0.212. The molecule has 0 saturated heterocycles. The second kappa shape index (κ2) is 7.48. The Morgan fingerprint density at radius 2 is 1.83 bits per heavy atom. The summed E-state index contributed by atoms with van der Waals surface area (Å²) in [5.74, 6) is 0.313. The molecule has 0 atom stereocenters. The van der Waals surface area contributed by atoms with Gasteiger partial charge in [-0.15, -0.1) is 0 Å². The van der Waals surface area contributed by atoms with E-state index in [-0.39, 0.29) is 4.90 Å². The molecule has 0 aliphatic rings. The van der Waals surface area contributed by atoms with Gasteiger partial charge in [-0.05, 0) is 44.0 Å². The van der Waals surface area contributed by atoms with E-state index in [2.05, 4.69) is 16.7 Å². The van der Waals surface area contributed by atoms with Gasteiger partial charge in [-0.2, -0.15) is 5.10 Å². The van der Waals surface area contributed by atoms with Gasteiger partial charge in [0.1, 0.15) is 0 Å². The highest BCUT2D eigenvalue weighted by molar-refractivity contribution is 7.92. The van der Waals surface area contributed by atoms with Crippen LogP contribution in [0.15, 0.2) is 53.4 Å². The molecular formula is C22H24N4O2S. The fourth-order valence-corrected chi connectivity index (χ4v) is 4.39. The molecule has 0 spiro atoms. The highest BCUT2D eigenvalue weighted by atomic mass is 32.2. The van der Waals surface area contributed by atoms with E-state index in [9.17, 15) is 8.42 Å². The largest absolute Gasteiger partial charge is 0.263 e. The Bertz CT molecular complexity index is 1290. The third-order valence-corrected chi connectivity index (χ3v) is 6.39. The fraction of sp³-hybridized carbons (Fsp3) is 0.273. The number of nitrogens with zero attached hydrogens (tertiary/aromatic N) is 3. The average Bonchev–Trinajstić information content (AvgIpc) is 3.02. The lowest BCUT2D eigenvalue weighted by atomic mass is 10.1. The molecule has 0 aliphatic carbocycles. The van der Waals surface area contributed by atoms with Crippen molar-refractivity contribution in [3.8, 4) is 0 Å². The summed E-state index contributed by atoms with van der Waals surface area (Å²) in [6.07, 6.45) is 1.95. The minimum atomic E-state index is -3.74. The van der Waals surface area contributed by atoms with E-state index < -0.39 is 10.0 Å². The first-order chi connectivity index (χ1) is 13.9. The first-order valence-electron chi connectivity index (χ1n) is 9.75. The van der Waals surface area contributed by atoms with E-state index in [1.54, 1.807) is 28.9 Å². The van der Waals surface area contributed by atoms with Crippen molar-refractivity contribution >= 4 is 37.8 Å². The van der Waals surface area contributed by atoms with Crippen molar-refractivity contribution in [1.82, 2.24) is 14.8 Å². The summed E-state index contributed by atoms with van der Waals surface area (Å²) < 4.78 is 30.3. The molecule has 0 unspecified atom stereocenters. The Hall–Kier alpha value is -2.93. The third-order valence-electron chi connectivity index (χ3n) is 5.03. The first kappa shape index (κ1) is 19.4. The molecule has 0 radical (unpaired) electrons. The van der Waals surface area contributed by atoms with Gasteiger partial charge in [-0.1, -0.05) is 49.2 Å². The number of hydrogen-bond acceptors (Lipinski definition) is 4. The van der Waals surface area contributed by atoms with Crippen LogP contribution >= 0.6 is 0 Å². The Labute approximate surface area is 170 Å². The van der Waals surface area contributed by atoms with E-state index in [0.717, 1.165) is 34.9 Å². The van der Waals surface area contributed by atoms with Crippen molar-refractivity contribution in [2.75, 3.05) is 4.72 Å². The lowest BCUT2D eigenvalue weighted by Gasteiger charge is -2.06. The van der Waals surface area contributed by atoms with Gasteiger partial charge in [0.05, 0.1) is 15.8 Å². The predicted molar refractivity (Wildman–Crippen MR) is 117 cm³/mol. The van der Waals surface area contributed by atoms with Gasteiger partial charge < -0.3 is 0 Å². The Balaban J connectivity index is 1.86. The molecule has 0 aliphatic heterocycles. The highest BCUT2D eigenvalue weighted by Gasteiger charge is 2.20. The topological polar surface area (TPSA) is 76.9 Å². The number of fused-ring (bicyclic) bond motifs is 2. The van der Waals surface area contributed by atoms with Crippen molar-refractivity contribution in [3.05, 3.63) is 59.7 Å². The van der Waals surface area contributed by atoms with E-state index in [0.29, 0.717) is 23.4 Å². The molecule has 2 aromatic carbocycles. The number of sulfonamides is 1. The van der Waals surface area contributed by atoms with Gasteiger partial charge in [0.25, 0.3) is 10.0 Å². The number of unbranched alkanes of at least 4 members (excludes halogenated alkanes) is 1. The monoisotopic (exact) mass is 408 g/mol. The van der Waals surface area contributed by atoms with Crippen LogP contribution in [-0.2, 0) is 16.6 Å². The standard InChI is InChI=1S/C22H24N4O2S/c1-4-5-13-26-22-19(14-17-8-6-7-16(3)20(17)23-22)21(24-26)25-29(27,28)18-11-9-15(2)10-12-18/h6-12,14H,4-5,13H2,1-3H3,(H,24,25). The highest BCUT2D eigenvalue weighted by Crippen LogP contribution is 2.29. The Morgan fingerprint density at radius 3 is 2.55 bits per heavy atom. The van der Waals surface area contributed by atoms with Crippen LogP contribution in [-0.4, -0.2) is 23.2 Å². The maximum atomic E-state index is 12.9. The number of para-hydroxylation sites is 1. The lowest BCUT2D eigenvalue weighted by Crippen LogP contribution is -2.14. The summed E-state index contributed by atoms with van der Waals surface area (Å²) >= 11 is 0. The van der Waals surface area contributed by atoms with Crippen LogP contribution in [0.4, 0.5) is 5.82 Å². The quantitative estimate of drug-likeness (QED) is 0.497. The molecule has 4 aromatic rings. The molecule has 1 N–H and O–H groups in total. The lowest BCUT2D eigenvalue weighted by molar-refractivity contribution is 0.584. The van der Waals surface area contributed by atoms with Gasteiger partial charge in [0.15, 0.2) is 11.5 Å². The SMILES string of the molecule is CCCCn1nc(NS(=O)(=O)c2ccc(C)cc2)c2cc3cccc(C)c3nc21. The predicted octanol–water partition coefficient (Wildman–Crippen LogP) is 4.80. The van der Waals surface area contributed by atoms with Gasteiger partial charge in [-0.3, -0.25) is 4.72 Å². The molecule has 150 valence electrons. The van der Waals surface area contributed by atoms with Crippen molar-refractivity contribution in [1.29, 1.82) is 0 Å². The van der Waals surface area contributed by atoms with Crippen LogP contribution in [0.2, 0.25) is 0 Å². The third kappa shape index (κ3) is 3.70. The van der Waals surface area contributed by atoms with Gasteiger partial charge in [0, 0.05) is 11.9 Å². The van der Waals surface area contributed by atoms with Gasteiger partial charge in [-0.25, -0.2) is 18.1 Å². The smallest absolute Gasteiger partial charge is 0.261 e. The molecule has 0 amide bonds. The molecule has 29 heavy (non-hydrogen) atoms. The number of hydrogen-bond donors (Lipinski definition) is 1. The Morgan fingerprint density at radius 1 is 1.07 bits per heavy atom. The first-order valence-corrected chi connectivity index (χ1v) is 11.2. The number of pyridine rings is 1. The van der Waals surface area contributed by atoms with Crippen LogP contribution in [0.1, 0.15) is 30.9 Å². The second-order valence-electron chi connectivity index (χ2n) is 7.35. The number of nitrogens with one attached hydrogen (secondary N) is 1. The molecule has 0 saturated carbocycles. The number of aryl methyl sites for hydroxylation is 3. The summed E-state index contributed by atoms with van der Waals surface area (Å²) in [4.78, 5) is 5.04. The maximum absolute atomic E-state index is 12.9. The van der Waals surface area contributed by atoms with E-state index in [4.69, 9.17) is 4.98 Å². The molecule has 7 heteroatoms. The fourth-order valence-electron chi connectivity index (χ4n) is 3.37. The van der Waals surface area contributed by atoms with Crippen molar-refractivity contribution < 1.29 is 8.42 Å². The van der Waals surface area contributed by atoms with E-state index in [1.807, 2.05) is 38.1 Å². The van der Waals surface area contributed by atoms with Crippen LogP contribution in [0.3, 0.4) is 0 Å². The summed E-state index contributed by atoms with van der Waals surface area (Å²) in [7, 11) is -3.74. The van der Waals surface area contributed by atoms with Crippen LogP contribution in [0, 0.1) is 13.8 Å². The summed E-state index contributed by atoms with van der Waals surface area (Å²) in [6, 6.07) is 14.7. The minimum Gasteiger partial charge on any atom is -0.261 e. The summed E-state index contributed by atoms with van der Waals surface area (Å²) in [5, 5.41) is 6.24. The summed E-state index contributed by atoms with van der Waals surface area (Å²) in [6.45, 7) is 6.74. The zero-order valence-electron chi connectivity index (χ0n) is 16.8. The van der Waals surface area contributed by atoms with Crippen LogP contribution < -0.4 is 4.72 Å². The molecule has 0 bridgehead atoms. The normalized spacial score (nSPS) is 12.0. The number of rotatable bonds is 6. The van der Waals surface area contributed by atoms with Crippen molar-refractivity contribution in [2.24, 2.45) is 0 Å². The zero-order valence-corrected chi connectivity index (χ0v) is 17.6. The second-order valence-corrected chi connectivity index (χ2v) is 9.03. The molecule has 6 nitrogen and oxygen atoms in total. The van der Waals surface area contributed by atoms with E-state index in [1.165, 1.54) is 0 Å². The van der Waals surface area contributed by atoms with Crippen LogP contribution in [0.5, 0.6) is 0 Å². The summed E-state index contributed by atoms with van der Waals surface area (Å²) in [5.41, 5.74) is 3.69. The average molecular weight is 409 g/mol. The zero-order chi connectivity index (χ0) is 20.6. The van der Waals surface area contributed by atoms with Crippen molar-refractivity contribution in [3.63, 3.8) is 0 Å². The van der Waals surface area contributed by atoms with E-state index >= 15 is 0 Å². The van der Waals surface area contributed by atoms with Gasteiger partial charge >= 0.3 is 0 Å². The number of aromatic nitrogens is 3. The molecule has 2 aromatic heterocycles. The number of anilines is 1. The van der Waals surface area contributed by atoms with Crippen LogP contribution in [0.25, 0.3) is 21.9 Å². The van der Waals surface area contributed by atoms with Crippen molar-refractivity contribution in [2.45, 2.75) is 45.1 Å².